The maximum atomic E-state index is 12.5. The molecule has 0 saturated heterocycles. The van der Waals surface area contributed by atoms with E-state index in [9.17, 15) is 18.3 Å². The summed E-state index contributed by atoms with van der Waals surface area (Å²) in [4.78, 5) is 1.88. The second-order valence-corrected chi connectivity index (χ2v) is 5.96. The van der Waals surface area contributed by atoms with Gasteiger partial charge in [0.25, 0.3) is 0 Å². The lowest BCUT2D eigenvalue weighted by Crippen LogP contribution is -2.46. The van der Waals surface area contributed by atoms with Crippen LogP contribution in [0.25, 0.3) is 0 Å². The Balaban J connectivity index is 2.62. The van der Waals surface area contributed by atoms with Crippen molar-refractivity contribution in [1.29, 1.82) is 0 Å². The number of nitrogens with one attached hydrogen (secondary N) is 1. The van der Waals surface area contributed by atoms with Gasteiger partial charge >= 0.3 is 6.18 Å². The highest BCUT2D eigenvalue weighted by Gasteiger charge is 2.30. The van der Waals surface area contributed by atoms with E-state index in [1.165, 1.54) is 12.1 Å². The van der Waals surface area contributed by atoms with Crippen molar-refractivity contribution in [2.24, 2.45) is 0 Å². The van der Waals surface area contributed by atoms with Gasteiger partial charge in [0.2, 0.25) is 0 Å². The van der Waals surface area contributed by atoms with Crippen LogP contribution in [0.5, 0.6) is 0 Å². The summed E-state index contributed by atoms with van der Waals surface area (Å²) in [6.45, 7) is 4.43. The standard InChI is InChI=1S/C15H23F3N2O/c1-11(19-9-14(2,21)10-20(3)4)12-5-7-13(8-6-12)15(16,17)18/h5-8,11,19,21H,9-10H2,1-4H3. The molecular weight excluding hydrogens is 281 g/mol. The molecule has 2 unspecified atom stereocenters. The van der Waals surface area contributed by atoms with Gasteiger partial charge in [-0.3, -0.25) is 0 Å². The first-order valence-corrected chi connectivity index (χ1v) is 6.79. The number of rotatable bonds is 6. The zero-order chi connectivity index (χ0) is 16.3. The van der Waals surface area contributed by atoms with Crippen LogP contribution in [-0.4, -0.2) is 42.8 Å². The zero-order valence-electron chi connectivity index (χ0n) is 12.8. The molecule has 1 aromatic carbocycles. The Hall–Kier alpha value is -1.11. The van der Waals surface area contributed by atoms with Gasteiger partial charge in [-0.25, -0.2) is 0 Å². The van der Waals surface area contributed by atoms with Gasteiger partial charge in [-0.1, -0.05) is 12.1 Å². The van der Waals surface area contributed by atoms with Crippen molar-refractivity contribution in [3.05, 3.63) is 35.4 Å². The molecule has 3 nitrogen and oxygen atoms in total. The first-order chi connectivity index (χ1) is 9.51. The lowest BCUT2D eigenvalue weighted by atomic mass is 10.0. The number of hydrogen-bond acceptors (Lipinski definition) is 3. The zero-order valence-corrected chi connectivity index (χ0v) is 12.8. The first kappa shape index (κ1) is 17.9. The highest BCUT2D eigenvalue weighted by atomic mass is 19.4. The molecule has 2 N–H and O–H groups in total. The maximum Gasteiger partial charge on any atom is 0.416 e. The van der Waals surface area contributed by atoms with Crippen molar-refractivity contribution < 1.29 is 18.3 Å². The van der Waals surface area contributed by atoms with Crippen molar-refractivity contribution in [3.63, 3.8) is 0 Å². The molecule has 0 saturated carbocycles. The molecule has 0 spiro atoms. The number of benzene rings is 1. The highest BCUT2D eigenvalue weighted by molar-refractivity contribution is 5.26. The molecule has 2 atom stereocenters. The molecule has 0 aliphatic carbocycles. The van der Waals surface area contributed by atoms with E-state index in [4.69, 9.17) is 0 Å². The minimum absolute atomic E-state index is 0.138. The predicted molar refractivity (Wildman–Crippen MR) is 77.0 cm³/mol. The van der Waals surface area contributed by atoms with E-state index in [0.717, 1.165) is 17.7 Å². The van der Waals surface area contributed by atoms with Gasteiger partial charge in [0.1, 0.15) is 0 Å². The van der Waals surface area contributed by atoms with Gasteiger partial charge in [0, 0.05) is 19.1 Å². The second kappa shape index (κ2) is 6.77. The largest absolute Gasteiger partial charge is 0.416 e. The number of halogens is 3. The summed E-state index contributed by atoms with van der Waals surface area (Å²) in [5, 5.41) is 13.3. The van der Waals surface area contributed by atoms with Crippen LogP contribution in [0, 0.1) is 0 Å². The molecule has 1 aromatic rings. The number of hydrogen-bond donors (Lipinski definition) is 2. The van der Waals surface area contributed by atoms with Gasteiger partial charge < -0.3 is 15.3 Å². The monoisotopic (exact) mass is 304 g/mol. The van der Waals surface area contributed by atoms with Crippen LogP contribution >= 0.6 is 0 Å². The Kier molecular flexibility index (Phi) is 5.78. The second-order valence-electron chi connectivity index (χ2n) is 5.96. The van der Waals surface area contributed by atoms with Crippen LogP contribution in [0.3, 0.4) is 0 Å². The normalized spacial score (nSPS) is 16.8. The molecule has 0 bridgehead atoms. The van der Waals surface area contributed by atoms with E-state index < -0.39 is 17.3 Å². The van der Waals surface area contributed by atoms with Gasteiger partial charge in [-0.15, -0.1) is 0 Å². The van der Waals surface area contributed by atoms with E-state index in [1.54, 1.807) is 6.92 Å². The van der Waals surface area contributed by atoms with Crippen LogP contribution < -0.4 is 5.32 Å². The fraction of sp³-hybridized carbons (Fsp3) is 0.600. The Labute approximate surface area is 123 Å². The third-order valence-electron chi connectivity index (χ3n) is 3.18. The molecular formula is C15H23F3N2O. The molecule has 0 heterocycles. The third-order valence-corrected chi connectivity index (χ3v) is 3.18. The topological polar surface area (TPSA) is 35.5 Å². The molecule has 21 heavy (non-hydrogen) atoms. The fourth-order valence-corrected chi connectivity index (χ4v) is 2.19. The number of aliphatic hydroxyl groups is 1. The summed E-state index contributed by atoms with van der Waals surface area (Å²) >= 11 is 0. The van der Waals surface area contributed by atoms with E-state index >= 15 is 0 Å². The smallest absolute Gasteiger partial charge is 0.388 e. The summed E-state index contributed by atoms with van der Waals surface area (Å²) < 4.78 is 37.5. The van der Waals surface area contributed by atoms with Crippen LogP contribution in [0.15, 0.2) is 24.3 Å². The third kappa shape index (κ3) is 6.03. The van der Waals surface area contributed by atoms with Crippen molar-refractivity contribution in [1.82, 2.24) is 10.2 Å². The Morgan fingerprint density at radius 3 is 2.14 bits per heavy atom. The van der Waals surface area contributed by atoms with Crippen molar-refractivity contribution in [2.75, 3.05) is 27.2 Å². The molecule has 1 rings (SSSR count). The summed E-state index contributed by atoms with van der Waals surface area (Å²) in [6, 6.07) is 4.93. The van der Waals surface area contributed by atoms with Gasteiger partial charge in [0.15, 0.2) is 0 Å². The molecule has 0 aliphatic heterocycles. The van der Waals surface area contributed by atoms with E-state index in [1.807, 2.05) is 25.9 Å². The lowest BCUT2D eigenvalue weighted by Gasteiger charge is -2.29. The van der Waals surface area contributed by atoms with Gasteiger partial charge in [-0.05, 0) is 45.6 Å². The molecule has 0 aliphatic rings. The van der Waals surface area contributed by atoms with Crippen molar-refractivity contribution in [3.8, 4) is 0 Å². The Bertz CT molecular complexity index is 441. The van der Waals surface area contributed by atoms with Crippen molar-refractivity contribution >= 4 is 0 Å². The number of nitrogens with zero attached hydrogens (tertiary/aromatic N) is 1. The molecule has 0 radical (unpaired) electrons. The molecule has 0 aromatic heterocycles. The van der Waals surface area contributed by atoms with E-state index in [-0.39, 0.29) is 6.04 Å². The van der Waals surface area contributed by atoms with Gasteiger partial charge in [-0.2, -0.15) is 13.2 Å². The maximum absolute atomic E-state index is 12.5. The fourth-order valence-electron chi connectivity index (χ4n) is 2.19. The van der Waals surface area contributed by atoms with E-state index in [0.29, 0.717) is 13.1 Å². The minimum Gasteiger partial charge on any atom is -0.388 e. The quantitative estimate of drug-likeness (QED) is 0.848. The van der Waals surface area contributed by atoms with Gasteiger partial charge in [0.05, 0.1) is 11.2 Å². The average Bonchev–Trinajstić information content (AvgIpc) is 2.33. The summed E-state index contributed by atoms with van der Waals surface area (Å²) in [5.41, 5.74) is -0.800. The Morgan fingerprint density at radius 2 is 1.71 bits per heavy atom. The first-order valence-electron chi connectivity index (χ1n) is 6.79. The Morgan fingerprint density at radius 1 is 1.19 bits per heavy atom. The summed E-state index contributed by atoms with van der Waals surface area (Å²) in [7, 11) is 3.74. The molecule has 0 fully saturated rings. The van der Waals surface area contributed by atoms with Crippen LogP contribution in [0.2, 0.25) is 0 Å². The minimum atomic E-state index is -4.31. The lowest BCUT2D eigenvalue weighted by molar-refractivity contribution is -0.137. The molecule has 0 amide bonds. The van der Waals surface area contributed by atoms with Crippen molar-refractivity contribution in [2.45, 2.75) is 31.7 Å². The number of likely N-dealkylation sites (N-methyl/N-ethyl adjacent to an activating group) is 1. The predicted octanol–water partition coefficient (Wildman–Crippen LogP) is 2.67. The number of alkyl halides is 3. The average molecular weight is 304 g/mol. The summed E-state index contributed by atoms with van der Waals surface area (Å²) in [6.07, 6.45) is -4.31. The molecule has 120 valence electrons. The van der Waals surface area contributed by atoms with Crippen LogP contribution in [0.1, 0.15) is 31.0 Å². The van der Waals surface area contributed by atoms with Crippen LogP contribution in [0.4, 0.5) is 13.2 Å². The van der Waals surface area contributed by atoms with E-state index in [2.05, 4.69) is 5.32 Å². The highest BCUT2D eigenvalue weighted by Crippen LogP contribution is 2.29. The molecule has 6 heteroatoms. The SMILES string of the molecule is CC(NCC(C)(O)CN(C)C)c1ccc(C(F)(F)F)cc1. The summed E-state index contributed by atoms with van der Waals surface area (Å²) in [5.74, 6) is 0. The van der Waals surface area contributed by atoms with Crippen LogP contribution in [-0.2, 0) is 6.18 Å².